The van der Waals surface area contributed by atoms with Gasteiger partial charge in [-0.2, -0.15) is 0 Å². The molecule has 0 aromatic heterocycles. The lowest BCUT2D eigenvalue weighted by atomic mass is 9.74. The van der Waals surface area contributed by atoms with E-state index in [0.29, 0.717) is 24.3 Å². The standard InChI is InChI=1S/C15H18O4/c1-18-13-4-3-11(9-14(13)19-2)15(10-16)7-5-12(17)6-8-15/h3-5,7,9,16H,6,8,10H2,1-2H3. The zero-order chi connectivity index (χ0) is 13.9. The van der Waals surface area contributed by atoms with Crippen LogP contribution in [-0.4, -0.2) is 31.7 Å². The van der Waals surface area contributed by atoms with E-state index in [-0.39, 0.29) is 12.4 Å². The summed E-state index contributed by atoms with van der Waals surface area (Å²) in [6, 6.07) is 5.57. The fraction of sp³-hybridized carbons (Fsp3) is 0.400. The number of ether oxygens (including phenoxy) is 2. The summed E-state index contributed by atoms with van der Waals surface area (Å²) in [6.07, 6.45) is 4.40. The van der Waals surface area contributed by atoms with E-state index in [2.05, 4.69) is 0 Å². The van der Waals surface area contributed by atoms with Crippen molar-refractivity contribution in [2.45, 2.75) is 18.3 Å². The monoisotopic (exact) mass is 262 g/mol. The van der Waals surface area contributed by atoms with Crippen molar-refractivity contribution >= 4 is 5.78 Å². The molecule has 19 heavy (non-hydrogen) atoms. The van der Waals surface area contributed by atoms with Crippen LogP contribution in [0.25, 0.3) is 0 Å². The molecule has 1 N–H and O–H groups in total. The Morgan fingerprint density at radius 3 is 2.53 bits per heavy atom. The number of hydrogen-bond acceptors (Lipinski definition) is 4. The van der Waals surface area contributed by atoms with Crippen molar-refractivity contribution in [3.8, 4) is 11.5 Å². The number of carbonyl (C=O) groups is 1. The Morgan fingerprint density at radius 2 is 2.00 bits per heavy atom. The average Bonchev–Trinajstić information content (AvgIpc) is 2.47. The summed E-state index contributed by atoms with van der Waals surface area (Å²) in [5, 5.41) is 9.74. The SMILES string of the molecule is COc1ccc(C2(CO)C=CC(=O)CC2)cc1OC. The molecule has 0 radical (unpaired) electrons. The van der Waals surface area contributed by atoms with Gasteiger partial charge in [-0.05, 0) is 30.2 Å². The first-order valence-corrected chi connectivity index (χ1v) is 6.20. The zero-order valence-corrected chi connectivity index (χ0v) is 11.2. The number of methoxy groups -OCH3 is 2. The van der Waals surface area contributed by atoms with Gasteiger partial charge < -0.3 is 14.6 Å². The Bertz CT molecular complexity index is 507. The number of allylic oxidation sites excluding steroid dienone is 1. The van der Waals surface area contributed by atoms with Gasteiger partial charge >= 0.3 is 0 Å². The van der Waals surface area contributed by atoms with Gasteiger partial charge in [-0.1, -0.05) is 12.1 Å². The maximum absolute atomic E-state index is 11.3. The summed E-state index contributed by atoms with van der Waals surface area (Å²) in [7, 11) is 3.16. The highest BCUT2D eigenvalue weighted by Crippen LogP contribution is 2.38. The van der Waals surface area contributed by atoms with Gasteiger partial charge in [-0.15, -0.1) is 0 Å². The number of benzene rings is 1. The molecule has 0 heterocycles. The Hall–Kier alpha value is -1.81. The number of aliphatic hydroxyl groups is 1. The Balaban J connectivity index is 2.44. The lowest BCUT2D eigenvalue weighted by molar-refractivity contribution is -0.115. The maximum atomic E-state index is 11.3. The molecule has 1 atom stereocenters. The molecule has 1 aromatic carbocycles. The highest BCUT2D eigenvalue weighted by Gasteiger charge is 2.32. The van der Waals surface area contributed by atoms with E-state index in [1.165, 1.54) is 0 Å². The molecule has 0 spiro atoms. The van der Waals surface area contributed by atoms with E-state index < -0.39 is 5.41 Å². The summed E-state index contributed by atoms with van der Waals surface area (Å²) in [6.45, 7) is -0.0355. The molecule has 0 bridgehead atoms. The van der Waals surface area contributed by atoms with Crippen molar-refractivity contribution in [1.29, 1.82) is 0 Å². The highest BCUT2D eigenvalue weighted by atomic mass is 16.5. The minimum atomic E-state index is -0.506. The van der Waals surface area contributed by atoms with Gasteiger partial charge in [0.15, 0.2) is 17.3 Å². The van der Waals surface area contributed by atoms with E-state index in [9.17, 15) is 9.90 Å². The quantitative estimate of drug-likeness (QED) is 0.899. The van der Waals surface area contributed by atoms with Crippen LogP contribution in [0.2, 0.25) is 0 Å². The molecule has 1 unspecified atom stereocenters. The van der Waals surface area contributed by atoms with Gasteiger partial charge in [-0.25, -0.2) is 0 Å². The first-order valence-electron chi connectivity index (χ1n) is 6.20. The number of hydrogen-bond donors (Lipinski definition) is 1. The number of carbonyl (C=O) groups excluding carboxylic acids is 1. The molecule has 0 saturated carbocycles. The van der Waals surface area contributed by atoms with Gasteiger partial charge in [0.2, 0.25) is 0 Å². The summed E-state index contributed by atoms with van der Waals surface area (Å²) < 4.78 is 10.5. The molecule has 4 heteroatoms. The molecular formula is C15H18O4. The van der Waals surface area contributed by atoms with Gasteiger partial charge in [0.05, 0.1) is 20.8 Å². The molecule has 0 saturated heterocycles. The van der Waals surface area contributed by atoms with Crippen LogP contribution < -0.4 is 9.47 Å². The van der Waals surface area contributed by atoms with Gasteiger partial charge in [0.25, 0.3) is 0 Å². The highest BCUT2D eigenvalue weighted by molar-refractivity contribution is 5.91. The Labute approximate surface area is 112 Å². The van der Waals surface area contributed by atoms with Crippen LogP contribution in [0.15, 0.2) is 30.4 Å². The number of ketones is 1. The predicted molar refractivity (Wildman–Crippen MR) is 71.7 cm³/mol. The van der Waals surface area contributed by atoms with Crippen molar-refractivity contribution < 1.29 is 19.4 Å². The molecule has 2 rings (SSSR count). The largest absolute Gasteiger partial charge is 0.493 e. The Morgan fingerprint density at radius 1 is 1.26 bits per heavy atom. The number of rotatable bonds is 4. The molecule has 0 aliphatic heterocycles. The molecule has 0 amide bonds. The van der Waals surface area contributed by atoms with Gasteiger partial charge in [-0.3, -0.25) is 4.79 Å². The molecule has 102 valence electrons. The Kier molecular flexibility index (Phi) is 3.90. The van der Waals surface area contributed by atoms with E-state index in [1.807, 2.05) is 18.2 Å². The minimum absolute atomic E-state index is 0.0355. The summed E-state index contributed by atoms with van der Waals surface area (Å²) in [4.78, 5) is 11.3. The summed E-state index contributed by atoms with van der Waals surface area (Å²) in [5.41, 5.74) is 0.421. The maximum Gasteiger partial charge on any atom is 0.161 e. The van der Waals surface area contributed by atoms with Crippen molar-refractivity contribution in [2.24, 2.45) is 0 Å². The van der Waals surface area contributed by atoms with Crippen LogP contribution in [0.5, 0.6) is 11.5 Å². The zero-order valence-electron chi connectivity index (χ0n) is 11.2. The molecule has 4 nitrogen and oxygen atoms in total. The minimum Gasteiger partial charge on any atom is -0.493 e. The molecule has 0 fully saturated rings. The third-order valence-corrected chi connectivity index (χ3v) is 3.65. The second-order valence-electron chi connectivity index (χ2n) is 4.68. The second-order valence-corrected chi connectivity index (χ2v) is 4.68. The average molecular weight is 262 g/mol. The molecule has 1 aliphatic carbocycles. The van der Waals surface area contributed by atoms with Crippen LogP contribution in [0.3, 0.4) is 0 Å². The van der Waals surface area contributed by atoms with Crippen LogP contribution in [0.1, 0.15) is 18.4 Å². The topological polar surface area (TPSA) is 55.8 Å². The van der Waals surface area contributed by atoms with Crippen molar-refractivity contribution in [3.63, 3.8) is 0 Å². The smallest absolute Gasteiger partial charge is 0.161 e. The van der Waals surface area contributed by atoms with E-state index in [0.717, 1.165) is 5.56 Å². The molecule has 1 aliphatic rings. The fourth-order valence-corrected chi connectivity index (χ4v) is 2.37. The molecular weight excluding hydrogens is 244 g/mol. The van der Waals surface area contributed by atoms with Crippen molar-refractivity contribution in [1.82, 2.24) is 0 Å². The van der Waals surface area contributed by atoms with E-state index >= 15 is 0 Å². The van der Waals surface area contributed by atoms with Crippen molar-refractivity contribution in [2.75, 3.05) is 20.8 Å². The fourth-order valence-electron chi connectivity index (χ4n) is 2.37. The lowest BCUT2D eigenvalue weighted by Crippen LogP contribution is -2.31. The first kappa shape index (κ1) is 13.6. The van der Waals surface area contributed by atoms with Crippen LogP contribution >= 0.6 is 0 Å². The predicted octanol–water partition coefficient (Wildman–Crippen LogP) is 1.85. The number of aliphatic hydroxyl groups excluding tert-OH is 1. The first-order chi connectivity index (χ1) is 9.15. The van der Waals surface area contributed by atoms with Gasteiger partial charge in [0.1, 0.15) is 0 Å². The van der Waals surface area contributed by atoms with E-state index in [1.54, 1.807) is 26.4 Å². The summed E-state index contributed by atoms with van der Waals surface area (Å²) >= 11 is 0. The third-order valence-electron chi connectivity index (χ3n) is 3.65. The normalized spacial score (nSPS) is 22.4. The molecule has 1 aromatic rings. The van der Waals surface area contributed by atoms with Crippen LogP contribution in [-0.2, 0) is 10.2 Å². The van der Waals surface area contributed by atoms with Crippen molar-refractivity contribution in [3.05, 3.63) is 35.9 Å². The van der Waals surface area contributed by atoms with Crippen LogP contribution in [0, 0.1) is 0 Å². The second kappa shape index (κ2) is 5.45. The van der Waals surface area contributed by atoms with Crippen LogP contribution in [0.4, 0.5) is 0 Å². The van der Waals surface area contributed by atoms with E-state index in [4.69, 9.17) is 9.47 Å². The lowest BCUT2D eigenvalue weighted by Gasteiger charge is -2.31. The third kappa shape index (κ3) is 2.49. The summed E-state index contributed by atoms with van der Waals surface area (Å²) in [5.74, 6) is 1.37. The van der Waals surface area contributed by atoms with Gasteiger partial charge in [0, 0.05) is 11.8 Å².